The number of hydrogen-bond acceptors (Lipinski definition) is 3. The van der Waals surface area contributed by atoms with Gasteiger partial charge in [-0.15, -0.1) is 0 Å². The van der Waals surface area contributed by atoms with Gasteiger partial charge in [-0.3, -0.25) is 9.78 Å². The van der Waals surface area contributed by atoms with E-state index in [1.165, 1.54) is 6.20 Å². The number of halogens is 2. The van der Waals surface area contributed by atoms with Gasteiger partial charge in [0.15, 0.2) is 5.78 Å². The highest BCUT2D eigenvalue weighted by molar-refractivity contribution is 9.10. The van der Waals surface area contributed by atoms with Gasteiger partial charge in [0.2, 0.25) is 0 Å². The first-order chi connectivity index (χ1) is 9.11. The molecule has 0 fully saturated rings. The monoisotopic (exact) mass is 339 g/mol. The summed E-state index contributed by atoms with van der Waals surface area (Å²) in [6.45, 7) is 2.41. The average Bonchev–Trinajstić information content (AvgIpc) is 2.39. The van der Waals surface area contributed by atoms with E-state index in [1.54, 1.807) is 30.5 Å². The molecule has 0 amide bonds. The maximum Gasteiger partial charge on any atom is 0.195 e. The number of carbonyl (C=O) groups is 1. The summed E-state index contributed by atoms with van der Waals surface area (Å²) in [4.78, 5) is 16.4. The van der Waals surface area contributed by atoms with Crippen LogP contribution >= 0.6 is 27.5 Å². The molecule has 0 N–H and O–H groups in total. The van der Waals surface area contributed by atoms with Crippen molar-refractivity contribution in [2.75, 3.05) is 6.61 Å². The third-order valence-corrected chi connectivity index (χ3v) is 3.35. The van der Waals surface area contributed by atoms with Crippen LogP contribution in [-0.4, -0.2) is 17.4 Å². The van der Waals surface area contributed by atoms with Crippen molar-refractivity contribution in [3.05, 3.63) is 57.3 Å². The second kappa shape index (κ2) is 6.17. The lowest BCUT2D eigenvalue weighted by atomic mass is 10.1. The van der Waals surface area contributed by atoms with Crippen molar-refractivity contribution >= 4 is 33.3 Å². The average molecular weight is 341 g/mol. The van der Waals surface area contributed by atoms with E-state index in [9.17, 15) is 4.79 Å². The Kier molecular flexibility index (Phi) is 4.56. The first kappa shape index (κ1) is 14.0. The molecule has 1 heterocycles. The molecule has 1 aromatic heterocycles. The van der Waals surface area contributed by atoms with Crippen molar-refractivity contribution in [2.24, 2.45) is 0 Å². The summed E-state index contributed by atoms with van der Waals surface area (Å²) >= 11 is 9.20. The molecule has 19 heavy (non-hydrogen) atoms. The zero-order chi connectivity index (χ0) is 13.8. The van der Waals surface area contributed by atoms with E-state index in [0.29, 0.717) is 33.0 Å². The topological polar surface area (TPSA) is 39.2 Å². The number of carbonyl (C=O) groups excluding carboxylic acids is 1. The van der Waals surface area contributed by atoms with Crippen molar-refractivity contribution in [2.45, 2.75) is 6.92 Å². The molecule has 3 nitrogen and oxygen atoms in total. The van der Waals surface area contributed by atoms with Gasteiger partial charge >= 0.3 is 0 Å². The summed E-state index contributed by atoms with van der Waals surface area (Å²) < 4.78 is 5.99. The molecule has 1 aromatic carbocycles. The third kappa shape index (κ3) is 3.33. The van der Waals surface area contributed by atoms with Crippen molar-refractivity contribution in [1.82, 2.24) is 4.98 Å². The fourth-order valence-electron chi connectivity index (χ4n) is 1.62. The molecule has 0 saturated carbocycles. The first-order valence-electron chi connectivity index (χ1n) is 5.69. The van der Waals surface area contributed by atoms with Gasteiger partial charge in [0.1, 0.15) is 5.75 Å². The normalized spacial score (nSPS) is 10.3. The molecule has 0 aliphatic rings. The zero-order valence-electron chi connectivity index (χ0n) is 10.2. The van der Waals surface area contributed by atoms with Gasteiger partial charge in [-0.05, 0) is 47.1 Å². The highest BCUT2D eigenvalue weighted by Gasteiger charge is 2.14. The van der Waals surface area contributed by atoms with Crippen molar-refractivity contribution < 1.29 is 9.53 Å². The van der Waals surface area contributed by atoms with E-state index in [2.05, 4.69) is 20.9 Å². The predicted octanol–water partition coefficient (Wildman–Crippen LogP) is 4.13. The second-order valence-electron chi connectivity index (χ2n) is 3.80. The molecular weight excluding hydrogens is 330 g/mol. The molecule has 2 aromatic rings. The van der Waals surface area contributed by atoms with Crippen molar-refractivity contribution in [3.63, 3.8) is 0 Å². The summed E-state index contributed by atoms with van der Waals surface area (Å²) in [5, 5.41) is 0.574. The van der Waals surface area contributed by atoms with Gasteiger partial charge in [0.25, 0.3) is 0 Å². The fourth-order valence-corrected chi connectivity index (χ4v) is 2.48. The molecule has 0 aliphatic carbocycles. The van der Waals surface area contributed by atoms with Gasteiger partial charge in [-0.25, -0.2) is 0 Å². The molecule has 0 unspecified atom stereocenters. The summed E-state index contributed by atoms with van der Waals surface area (Å²) in [5.41, 5.74) is 1.02. The maximum atomic E-state index is 12.4. The van der Waals surface area contributed by atoms with Crippen LogP contribution in [0.4, 0.5) is 0 Å². The molecule has 0 aliphatic heterocycles. The molecule has 0 radical (unpaired) electrons. The lowest BCUT2D eigenvalue weighted by Crippen LogP contribution is -2.04. The Morgan fingerprint density at radius 2 is 2.16 bits per heavy atom. The first-order valence-corrected chi connectivity index (χ1v) is 6.86. The Hall–Kier alpha value is -1.39. The third-order valence-electron chi connectivity index (χ3n) is 2.46. The number of pyridine rings is 1. The fraction of sp³-hybridized carbons (Fsp3) is 0.143. The molecular formula is C14H11BrClNO2. The largest absolute Gasteiger partial charge is 0.492 e. The number of ether oxygens (including phenoxy) is 1. The van der Waals surface area contributed by atoms with E-state index < -0.39 is 0 Å². The van der Waals surface area contributed by atoms with Crippen molar-refractivity contribution in [3.8, 4) is 5.75 Å². The standard InChI is InChI=1S/C14H11BrClNO2/c1-2-19-11-5-9(7-17-8-11)14(18)12-4-3-10(16)6-13(12)15/h3-8H,2H2,1H3. The van der Waals surface area contributed by atoms with E-state index in [0.717, 1.165) is 0 Å². The van der Waals surface area contributed by atoms with Crippen LogP contribution in [0.15, 0.2) is 41.1 Å². The van der Waals surface area contributed by atoms with Crippen LogP contribution in [0.3, 0.4) is 0 Å². The Morgan fingerprint density at radius 1 is 1.37 bits per heavy atom. The van der Waals surface area contributed by atoms with Crippen LogP contribution in [-0.2, 0) is 0 Å². The zero-order valence-corrected chi connectivity index (χ0v) is 12.5. The number of aromatic nitrogens is 1. The minimum atomic E-state index is -0.127. The van der Waals surface area contributed by atoms with Crippen LogP contribution in [0.1, 0.15) is 22.8 Å². The quantitative estimate of drug-likeness (QED) is 0.786. The highest BCUT2D eigenvalue weighted by Crippen LogP contribution is 2.24. The van der Waals surface area contributed by atoms with Gasteiger partial charge in [-0.2, -0.15) is 0 Å². The Balaban J connectivity index is 2.35. The number of rotatable bonds is 4. The minimum Gasteiger partial charge on any atom is -0.492 e. The summed E-state index contributed by atoms with van der Waals surface area (Å²) in [5.74, 6) is 0.455. The summed E-state index contributed by atoms with van der Waals surface area (Å²) in [7, 11) is 0. The Morgan fingerprint density at radius 3 is 2.84 bits per heavy atom. The Labute approximate surface area is 124 Å². The molecule has 0 saturated heterocycles. The molecule has 2 rings (SSSR count). The molecule has 98 valence electrons. The van der Waals surface area contributed by atoms with E-state index in [4.69, 9.17) is 16.3 Å². The maximum absolute atomic E-state index is 12.4. The molecule has 5 heteroatoms. The number of ketones is 1. The smallest absolute Gasteiger partial charge is 0.195 e. The number of nitrogens with zero attached hydrogens (tertiary/aromatic N) is 1. The highest BCUT2D eigenvalue weighted by atomic mass is 79.9. The number of benzene rings is 1. The van der Waals surface area contributed by atoms with E-state index in [-0.39, 0.29) is 5.78 Å². The van der Waals surface area contributed by atoms with Crippen LogP contribution in [0.2, 0.25) is 5.02 Å². The van der Waals surface area contributed by atoms with Crippen LogP contribution in [0.5, 0.6) is 5.75 Å². The minimum absolute atomic E-state index is 0.127. The summed E-state index contributed by atoms with van der Waals surface area (Å²) in [6, 6.07) is 6.73. The van der Waals surface area contributed by atoms with Crippen molar-refractivity contribution in [1.29, 1.82) is 0 Å². The molecule has 0 spiro atoms. The van der Waals surface area contributed by atoms with Gasteiger partial charge in [-0.1, -0.05) is 11.6 Å². The van der Waals surface area contributed by atoms with E-state index in [1.807, 2.05) is 6.92 Å². The number of hydrogen-bond donors (Lipinski definition) is 0. The van der Waals surface area contributed by atoms with Gasteiger partial charge < -0.3 is 4.74 Å². The van der Waals surface area contributed by atoms with E-state index >= 15 is 0 Å². The Bertz CT molecular complexity index is 616. The molecule has 0 atom stereocenters. The predicted molar refractivity (Wildman–Crippen MR) is 78.0 cm³/mol. The van der Waals surface area contributed by atoms with Crippen LogP contribution in [0, 0.1) is 0 Å². The van der Waals surface area contributed by atoms with Crippen LogP contribution < -0.4 is 4.74 Å². The van der Waals surface area contributed by atoms with Gasteiger partial charge in [0.05, 0.1) is 12.8 Å². The lowest BCUT2D eigenvalue weighted by molar-refractivity contribution is 0.103. The molecule has 0 bridgehead atoms. The SMILES string of the molecule is CCOc1cncc(C(=O)c2ccc(Cl)cc2Br)c1. The second-order valence-corrected chi connectivity index (χ2v) is 5.09. The van der Waals surface area contributed by atoms with Crippen LogP contribution in [0.25, 0.3) is 0 Å². The lowest BCUT2D eigenvalue weighted by Gasteiger charge is -2.06. The van der Waals surface area contributed by atoms with Gasteiger partial charge in [0, 0.05) is 26.8 Å². The summed E-state index contributed by atoms with van der Waals surface area (Å²) in [6.07, 6.45) is 3.10.